The second kappa shape index (κ2) is 17.8. The highest BCUT2D eigenvalue weighted by Gasteiger charge is 2.04. The normalized spacial score (nSPS) is 11.3. The summed E-state index contributed by atoms with van der Waals surface area (Å²) in [6.07, 6.45) is 10.7. The molecule has 0 aliphatic heterocycles. The van der Waals surface area contributed by atoms with Crippen molar-refractivity contribution in [3.05, 3.63) is 102 Å². The van der Waals surface area contributed by atoms with Gasteiger partial charge in [0.2, 0.25) is 0 Å². The van der Waals surface area contributed by atoms with Crippen LogP contribution in [0.1, 0.15) is 45.5 Å². The van der Waals surface area contributed by atoms with Gasteiger partial charge in [0.1, 0.15) is 11.4 Å². The van der Waals surface area contributed by atoms with E-state index in [0.717, 1.165) is 6.42 Å². The van der Waals surface area contributed by atoms with Crippen LogP contribution in [0.25, 0.3) is 0 Å². The molecule has 182 valence electrons. The van der Waals surface area contributed by atoms with Gasteiger partial charge >= 0.3 is 12.1 Å². The summed E-state index contributed by atoms with van der Waals surface area (Å²) >= 11 is 0. The number of carbonyl (C=O) groups is 2. The molecule has 0 fully saturated rings. The Labute approximate surface area is 208 Å². The maximum Gasteiger partial charge on any atom is 0.316 e. The second-order valence-corrected chi connectivity index (χ2v) is 6.25. The van der Waals surface area contributed by atoms with Crippen molar-refractivity contribution in [3.8, 4) is 23.7 Å². The average molecular weight is 472 g/mol. The maximum atomic E-state index is 11.3. The first-order chi connectivity index (χ1) is 16.8. The minimum absolute atomic E-state index is 0.429. The third-order valence-electron chi connectivity index (χ3n) is 3.79. The number of amides is 4. The zero-order chi connectivity index (χ0) is 26.6. The molecule has 7 nitrogen and oxygen atoms in total. The van der Waals surface area contributed by atoms with Gasteiger partial charge in [-0.25, -0.2) is 14.6 Å². The highest BCUT2D eigenvalue weighted by Crippen LogP contribution is 2.08. The predicted molar refractivity (Wildman–Crippen MR) is 143 cm³/mol. The summed E-state index contributed by atoms with van der Waals surface area (Å²) in [6, 6.07) is 3.84. The molecule has 0 atom stereocenters. The van der Waals surface area contributed by atoms with Crippen molar-refractivity contribution < 1.29 is 9.59 Å². The molecule has 1 aromatic rings. The number of nitrogens with one attached hydrogen (secondary N) is 2. The van der Waals surface area contributed by atoms with Gasteiger partial charge in [0, 0.05) is 11.1 Å². The Bertz CT molecular complexity index is 1160. The zero-order valence-electron chi connectivity index (χ0n) is 20.7. The molecule has 0 aliphatic rings. The van der Waals surface area contributed by atoms with Crippen LogP contribution in [-0.2, 0) is 0 Å². The number of aromatic nitrogens is 1. The standard InChI is InChI=1S/C26H27N5O2.C2H6/c1-5-9-14-24(31-26(28)33)20(8-4)16-18-22-13-10-12-21(29-22)17-15-19(7-3)23(11-6-2)30-25(27)32;1-2/h6-14H,2,4-5H2,1,3H3,(H3,27,30,32)(H3,28,31,33);1-2H3/b14-9-,19-7-,23-11+,24-20-;. The lowest BCUT2D eigenvalue weighted by molar-refractivity contribution is 0.250. The Kier molecular flexibility index (Phi) is 15.4. The molecule has 1 rings (SSSR count). The maximum absolute atomic E-state index is 11.3. The average Bonchev–Trinajstić information content (AvgIpc) is 2.84. The van der Waals surface area contributed by atoms with Gasteiger partial charge in [0.25, 0.3) is 0 Å². The summed E-state index contributed by atoms with van der Waals surface area (Å²) in [4.78, 5) is 27.0. The van der Waals surface area contributed by atoms with Crippen LogP contribution < -0.4 is 22.1 Å². The van der Waals surface area contributed by atoms with Gasteiger partial charge in [-0.15, -0.1) is 0 Å². The van der Waals surface area contributed by atoms with Gasteiger partial charge in [-0.2, -0.15) is 0 Å². The van der Waals surface area contributed by atoms with Crippen LogP contribution in [0, 0.1) is 23.7 Å². The van der Waals surface area contributed by atoms with Gasteiger partial charge in [-0.05, 0) is 49.5 Å². The fraction of sp³-hybridized carbons (Fsp3) is 0.179. The van der Waals surface area contributed by atoms with Gasteiger partial charge in [-0.1, -0.05) is 76.1 Å². The topological polar surface area (TPSA) is 123 Å². The Morgan fingerprint density at radius 1 is 1.06 bits per heavy atom. The van der Waals surface area contributed by atoms with Crippen LogP contribution in [0.3, 0.4) is 0 Å². The monoisotopic (exact) mass is 471 g/mol. The van der Waals surface area contributed by atoms with E-state index < -0.39 is 12.1 Å². The summed E-state index contributed by atoms with van der Waals surface area (Å²) in [6.45, 7) is 15.1. The van der Waals surface area contributed by atoms with E-state index in [1.165, 1.54) is 12.2 Å². The summed E-state index contributed by atoms with van der Waals surface area (Å²) in [5, 5.41) is 5.06. The zero-order valence-corrected chi connectivity index (χ0v) is 20.7. The molecular weight excluding hydrogens is 438 g/mol. The molecule has 0 unspecified atom stereocenters. The molecule has 0 bridgehead atoms. The Hall–Kier alpha value is -4.75. The minimum Gasteiger partial charge on any atom is -0.351 e. The van der Waals surface area contributed by atoms with E-state index in [4.69, 9.17) is 11.5 Å². The summed E-state index contributed by atoms with van der Waals surface area (Å²) in [5.74, 6) is 11.8. The number of hydrogen-bond donors (Lipinski definition) is 4. The highest BCUT2D eigenvalue weighted by atomic mass is 16.2. The first kappa shape index (κ1) is 30.2. The lowest BCUT2D eigenvalue weighted by Crippen LogP contribution is -2.29. The van der Waals surface area contributed by atoms with Crippen molar-refractivity contribution in [2.75, 3.05) is 0 Å². The number of carbonyl (C=O) groups excluding carboxylic acids is 2. The molecule has 1 aromatic heterocycles. The molecule has 7 heteroatoms. The van der Waals surface area contributed by atoms with E-state index in [1.807, 2.05) is 26.8 Å². The molecule has 1 heterocycles. The molecule has 0 radical (unpaired) electrons. The van der Waals surface area contributed by atoms with Crippen LogP contribution >= 0.6 is 0 Å². The van der Waals surface area contributed by atoms with E-state index in [9.17, 15) is 9.59 Å². The van der Waals surface area contributed by atoms with Crippen molar-refractivity contribution in [2.24, 2.45) is 11.5 Å². The van der Waals surface area contributed by atoms with Crippen molar-refractivity contribution >= 4 is 12.1 Å². The lowest BCUT2D eigenvalue weighted by Gasteiger charge is -2.06. The number of nitrogens with zero attached hydrogens (tertiary/aromatic N) is 1. The van der Waals surface area contributed by atoms with E-state index in [1.54, 1.807) is 43.4 Å². The SMILES string of the molecule is C=C/C=C(NC(N)=O)\C(C#Cc1cccc(C#C/C(C=C)=C(/C=C\CC)NC(N)=O)n1)=C/C.CC. The number of allylic oxidation sites excluding steroid dienone is 8. The van der Waals surface area contributed by atoms with Crippen molar-refractivity contribution in [1.82, 2.24) is 15.6 Å². The van der Waals surface area contributed by atoms with Crippen LogP contribution in [-0.4, -0.2) is 17.0 Å². The van der Waals surface area contributed by atoms with Crippen molar-refractivity contribution in [2.45, 2.75) is 34.1 Å². The fourth-order valence-electron chi connectivity index (χ4n) is 2.38. The van der Waals surface area contributed by atoms with Gasteiger partial charge in [0.05, 0.1) is 11.4 Å². The third-order valence-corrected chi connectivity index (χ3v) is 3.79. The summed E-state index contributed by atoms with van der Waals surface area (Å²) in [7, 11) is 0. The third kappa shape index (κ3) is 12.2. The second-order valence-electron chi connectivity index (χ2n) is 6.25. The van der Waals surface area contributed by atoms with Crippen LogP contribution in [0.5, 0.6) is 0 Å². The summed E-state index contributed by atoms with van der Waals surface area (Å²) in [5.41, 5.74) is 13.3. The Balaban J connectivity index is 0.00000562. The van der Waals surface area contributed by atoms with Gasteiger partial charge in [0.15, 0.2) is 0 Å². The number of urea groups is 2. The smallest absolute Gasteiger partial charge is 0.316 e. The van der Waals surface area contributed by atoms with E-state index in [-0.39, 0.29) is 0 Å². The molecule has 0 spiro atoms. The number of primary amides is 2. The molecular formula is C28H33N5O2. The van der Waals surface area contributed by atoms with Gasteiger partial charge in [-0.3, -0.25) is 0 Å². The minimum atomic E-state index is -0.704. The lowest BCUT2D eigenvalue weighted by atomic mass is 10.1. The van der Waals surface area contributed by atoms with E-state index >= 15 is 0 Å². The van der Waals surface area contributed by atoms with Crippen molar-refractivity contribution in [1.29, 1.82) is 0 Å². The van der Waals surface area contributed by atoms with E-state index in [2.05, 4.69) is 52.5 Å². The van der Waals surface area contributed by atoms with Crippen molar-refractivity contribution in [3.63, 3.8) is 0 Å². The fourth-order valence-corrected chi connectivity index (χ4v) is 2.38. The number of pyridine rings is 1. The molecule has 35 heavy (non-hydrogen) atoms. The Morgan fingerprint density at radius 3 is 2.14 bits per heavy atom. The van der Waals surface area contributed by atoms with E-state index in [0.29, 0.717) is 33.9 Å². The largest absolute Gasteiger partial charge is 0.351 e. The number of hydrogen-bond acceptors (Lipinski definition) is 3. The van der Waals surface area contributed by atoms with Crippen LogP contribution in [0.2, 0.25) is 0 Å². The number of nitrogens with two attached hydrogens (primary N) is 2. The Morgan fingerprint density at radius 2 is 1.66 bits per heavy atom. The first-order valence-corrected chi connectivity index (χ1v) is 11.0. The molecule has 0 saturated heterocycles. The van der Waals surface area contributed by atoms with Gasteiger partial charge < -0.3 is 22.1 Å². The number of rotatable bonds is 7. The first-order valence-electron chi connectivity index (χ1n) is 11.0. The molecule has 4 amide bonds. The molecule has 0 aliphatic carbocycles. The molecule has 0 saturated carbocycles. The predicted octanol–water partition coefficient (Wildman–Crippen LogP) is 4.57. The van der Waals surface area contributed by atoms with Crippen LogP contribution in [0.15, 0.2) is 90.4 Å². The highest BCUT2D eigenvalue weighted by molar-refractivity contribution is 5.76. The summed E-state index contributed by atoms with van der Waals surface area (Å²) < 4.78 is 0. The quantitative estimate of drug-likeness (QED) is 0.344. The van der Waals surface area contributed by atoms with Crippen LogP contribution in [0.4, 0.5) is 9.59 Å². The molecule has 6 N–H and O–H groups in total. The molecule has 0 aromatic carbocycles.